The van der Waals surface area contributed by atoms with Gasteiger partial charge in [0.25, 0.3) is 0 Å². The molecule has 1 aliphatic rings. The van der Waals surface area contributed by atoms with Crippen molar-refractivity contribution in [3.05, 3.63) is 0 Å². The molecule has 1 aliphatic carbocycles. The van der Waals surface area contributed by atoms with Crippen molar-refractivity contribution in [3.8, 4) is 0 Å². The van der Waals surface area contributed by atoms with Crippen LogP contribution in [0.4, 0.5) is 0 Å². The lowest BCUT2D eigenvalue weighted by Crippen LogP contribution is -2.38. The van der Waals surface area contributed by atoms with Crippen molar-refractivity contribution in [3.63, 3.8) is 0 Å². The third kappa shape index (κ3) is 2.98. The monoisotopic (exact) mass is 199 g/mol. The Morgan fingerprint density at radius 2 is 2.21 bits per heavy atom. The summed E-state index contributed by atoms with van der Waals surface area (Å²) in [5.74, 6) is -0.209. The standard InChI is InChI=1S/C11H21NO2/c1-4-5-9-6-10(9)12-8(3)7(2)11(13)14/h7-10,12H,4-6H2,1-3H3,(H,13,14). The lowest BCUT2D eigenvalue weighted by atomic mass is 10.0. The van der Waals surface area contributed by atoms with Gasteiger partial charge in [0, 0.05) is 12.1 Å². The smallest absolute Gasteiger partial charge is 0.307 e. The van der Waals surface area contributed by atoms with Crippen molar-refractivity contribution in [2.45, 2.75) is 52.1 Å². The summed E-state index contributed by atoms with van der Waals surface area (Å²) < 4.78 is 0. The average molecular weight is 199 g/mol. The highest BCUT2D eigenvalue weighted by Gasteiger charge is 2.37. The van der Waals surface area contributed by atoms with E-state index in [9.17, 15) is 4.79 Å². The first-order valence-corrected chi connectivity index (χ1v) is 5.55. The van der Waals surface area contributed by atoms with Gasteiger partial charge in [-0.3, -0.25) is 4.79 Å². The van der Waals surface area contributed by atoms with Crippen LogP contribution in [0.1, 0.15) is 40.0 Å². The molecule has 4 unspecified atom stereocenters. The highest BCUT2D eigenvalue weighted by molar-refractivity contribution is 5.70. The average Bonchev–Trinajstić information content (AvgIpc) is 2.82. The molecule has 82 valence electrons. The van der Waals surface area contributed by atoms with E-state index in [1.165, 1.54) is 19.3 Å². The Morgan fingerprint density at radius 1 is 1.57 bits per heavy atom. The first-order valence-electron chi connectivity index (χ1n) is 5.55. The molecule has 3 nitrogen and oxygen atoms in total. The first kappa shape index (κ1) is 11.5. The summed E-state index contributed by atoms with van der Waals surface area (Å²) in [6.45, 7) is 5.91. The van der Waals surface area contributed by atoms with Crippen molar-refractivity contribution in [1.82, 2.24) is 5.32 Å². The maximum atomic E-state index is 10.7. The van der Waals surface area contributed by atoms with Gasteiger partial charge in [-0.2, -0.15) is 0 Å². The van der Waals surface area contributed by atoms with Gasteiger partial charge < -0.3 is 10.4 Å². The van der Waals surface area contributed by atoms with Crippen LogP contribution in [-0.4, -0.2) is 23.2 Å². The van der Waals surface area contributed by atoms with E-state index >= 15 is 0 Å². The van der Waals surface area contributed by atoms with Gasteiger partial charge in [0.2, 0.25) is 0 Å². The zero-order valence-electron chi connectivity index (χ0n) is 9.29. The fourth-order valence-corrected chi connectivity index (χ4v) is 1.84. The van der Waals surface area contributed by atoms with Gasteiger partial charge in [0.1, 0.15) is 0 Å². The second-order valence-electron chi connectivity index (χ2n) is 4.47. The van der Waals surface area contributed by atoms with Gasteiger partial charge in [-0.1, -0.05) is 20.3 Å². The summed E-state index contributed by atoms with van der Waals surface area (Å²) in [6.07, 6.45) is 3.72. The molecule has 14 heavy (non-hydrogen) atoms. The van der Waals surface area contributed by atoms with E-state index in [4.69, 9.17) is 5.11 Å². The molecule has 0 amide bonds. The summed E-state index contributed by atoms with van der Waals surface area (Å²) in [5, 5.41) is 12.2. The Kier molecular flexibility index (Phi) is 3.93. The number of aliphatic carboxylic acids is 1. The van der Waals surface area contributed by atoms with Crippen LogP contribution in [0, 0.1) is 11.8 Å². The second kappa shape index (κ2) is 4.78. The topological polar surface area (TPSA) is 49.3 Å². The Labute approximate surface area is 85.9 Å². The SMILES string of the molecule is CCCC1CC1NC(C)C(C)C(=O)O. The Hall–Kier alpha value is -0.570. The van der Waals surface area contributed by atoms with Crippen LogP contribution in [-0.2, 0) is 4.79 Å². The highest BCUT2D eigenvalue weighted by atomic mass is 16.4. The largest absolute Gasteiger partial charge is 0.481 e. The normalized spacial score (nSPS) is 29.6. The molecule has 0 bridgehead atoms. The fourth-order valence-electron chi connectivity index (χ4n) is 1.84. The molecule has 4 atom stereocenters. The van der Waals surface area contributed by atoms with Crippen LogP contribution < -0.4 is 5.32 Å². The third-order valence-electron chi connectivity index (χ3n) is 3.20. The molecular formula is C11H21NO2. The highest BCUT2D eigenvalue weighted by Crippen LogP contribution is 2.35. The van der Waals surface area contributed by atoms with Crippen LogP contribution in [0.2, 0.25) is 0 Å². The molecule has 1 rings (SSSR count). The molecule has 0 spiro atoms. The van der Waals surface area contributed by atoms with Crippen LogP contribution in [0.25, 0.3) is 0 Å². The molecule has 0 aromatic rings. The Bertz CT molecular complexity index is 205. The molecule has 0 aromatic heterocycles. The van der Waals surface area contributed by atoms with E-state index in [0.717, 1.165) is 5.92 Å². The maximum absolute atomic E-state index is 10.7. The molecule has 0 radical (unpaired) electrons. The molecule has 3 heteroatoms. The van der Waals surface area contributed by atoms with Gasteiger partial charge in [0.05, 0.1) is 5.92 Å². The zero-order chi connectivity index (χ0) is 10.7. The minimum Gasteiger partial charge on any atom is -0.481 e. The molecule has 1 saturated carbocycles. The summed E-state index contributed by atoms with van der Waals surface area (Å²) in [6, 6.07) is 0.658. The molecule has 0 heterocycles. The van der Waals surface area contributed by atoms with E-state index < -0.39 is 5.97 Å². The van der Waals surface area contributed by atoms with Crippen LogP contribution in [0.15, 0.2) is 0 Å². The maximum Gasteiger partial charge on any atom is 0.307 e. The number of nitrogens with one attached hydrogen (secondary N) is 1. The molecular weight excluding hydrogens is 178 g/mol. The quantitative estimate of drug-likeness (QED) is 0.686. The molecule has 0 aromatic carbocycles. The number of carboxylic acid groups (broad SMARTS) is 1. The Balaban J connectivity index is 2.22. The summed E-state index contributed by atoms with van der Waals surface area (Å²) in [7, 11) is 0. The molecule has 2 N–H and O–H groups in total. The van der Waals surface area contributed by atoms with Crippen molar-refractivity contribution >= 4 is 5.97 Å². The van der Waals surface area contributed by atoms with Crippen molar-refractivity contribution in [2.75, 3.05) is 0 Å². The second-order valence-corrected chi connectivity index (χ2v) is 4.47. The van der Waals surface area contributed by atoms with Crippen LogP contribution in [0.5, 0.6) is 0 Å². The number of carboxylic acids is 1. The lowest BCUT2D eigenvalue weighted by molar-refractivity contribution is -0.141. The first-order chi connectivity index (χ1) is 6.56. The lowest BCUT2D eigenvalue weighted by Gasteiger charge is -2.17. The van der Waals surface area contributed by atoms with Crippen molar-refractivity contribution < 1.29 is 9.90 Å². The third-order valence-corrected chi connectivity index (χ3v) is 3.20. The number of rotatable bonds is 6. The Morgan fingerprint density at radius 3 is 2.71 bits per heavy atom. The van der Waals surface area contributed by atoms with E-state index in [-0.39, 0.29) is 12.0 Å². The zero-order valence-corrected chi connectivity index (χ0v) is 9.29. The van der Waals surface area contributed by atoms with E-state index in [1.807, 2.05) is 6.92 Å². The van der Waals surface area contributed by atoms with E-state index in [1.54, 1.807) is 6.92 Å². The molecule has 1 fully saturated rings. The van der Waals surface area contributed by atoms with Gasteiger partial charge in [-0.05, 0) is 25.7 Å². The summed E-state index contributed by atoms with van der Waals surface area (Å²) >= 11 is 0. The predicted molar refractivity (Wildman–Crippen MR) is 56.2 cm³/mol. The number of hydrogen-bond donors (Lipinski definition) is 2. The number of hydrogen-bond acceptors (Lipinski definition) is 2. The predicted octanol–water partition coefficient (Wildman–Crippen LogP) is 1.87. The minimum atomic E-state index is -0.710. The van der Waals surface area contributed by atoms with Gasteiger partial charge in [-0.25, -0.2) is 0 Å². The summed E-state index contributed by atoms with van der Waals surface area (Å²) in [4.78, 5) is 10.7. The van der Waals surface area contributed by atoms with E-state index in [0.29, 0.717) is 6.04 Å². The molecule has 0 saturated heterocycles. The van der Waals surface area contributed by atoms with Gasteiger partial charge >= 0.3 is 5.97 Å². The summed E-state index contributed by atoms with van der Waals surface area (Å²) in [5.41, 5.74) is 0. The van der Waals surface area contributed by atoms with Crippen molar-refractivity contribution in [2.24, 2.45) is 11.8 Å². The van der Waals surface area contributed by atoms with E-state index in [2.05, 4.69) is 12.2 Å². The molecule has 0 aliphatic heterocycles. The van der Waals surface area contributed by atoms with Gasteiger partial charge in [0.15, 0.2) is 0 Å². The van der Waals surface area contributed by atoms with Gasteiger partial charge in [-0.15, -0.1) is 0 Å². The fraction of sp³-hybridized carbons (Fsp3) is 0.909. The minimum absolute atomic E-state index is 0.0827. The van der Waals surface area contributed by atoms with Crippen molar-refractivity contribution in [1.29, 1.82) is 0 Å². The van der Waals surface area contributed by atoms with Crippen LogP contribution >= 0.6 is 0 Å². The van der Waals surface area contributed by atoms with Crippen LogP contribution in [0.3, 0.4) is 0 Å². The number of carbonyl (C=O) groups is 1.